The molecule has 0 bridgehead atoms. The summed E-state index contributed by atoms with van der Waals surface area (Å²) in [5.41, 5.74) is 0.824. The van der Waals surface area contributed by atoms with Gasteiger partial charge in [0.1, 0.15) is 0 Å². The Morgan fingerprint density at radius 3 is 2.75 bits per heavy atom. The second-order valence-corrected chi connectivity index (χ2v) is 2.41. The van der Waals surface area contributed by atoms with Gasteiger partial charge in [-0.15, -0.1) is 0 Å². The Hall–Kier alpha value is -1.53. The van der Waals surface area contributed by atoms with Gasteiger partial charge in [0.25, 0.3) is 0 Å². The van der Waals surface area contributed by atoms with Crippen molar-refractivity contribution in [1.29, 1.82) is 5.26 Å². The number of benzene rings is 1. The first kappa shape index (κ1) is 8.57. The highest BCUT2D eigenvalue weighted by atomic mass is 35.5. The topological polar surface area (TPSA) is 56.4 Å². The van der Waals surface area contributed by atoms with Crippen LogP contribution in [0, 0.1) is 11.3 Å². The zero-order valence-corrected chi connectivity index (χ0v) is 6.78. The molecule has 0 heterocycles. The number of nitriles is 1. The van der Waals surface area contributed by atoms with E-state index >= 15 is 0 Å². The van der Waals surface area contributed by atoms with Crippen molar-refractivity contribution in [3.8, 4) is 6.07 Å². The number of hydrogen-bond donors (Lipinski definition) is 1. The standard InChI is InChI=1S/C8H5ClN2O/c9-8(11-12)7-4-2-1-3-6(7)5-10/h1-4,12H. The summed E-state index contributed by atoms with van der Waals surface area (Å²) in [6.07, 6.45) is 0. The molecule has 0 aliphatic rings. The van der Waals surface area contributed by atoms with Gasteiger partial charge in [0, 0.05) is 5.56 Å². The van der Waals surface area contributed by atoms with E-state index in [0.29, 0.717) is 11.1 Å². The molecule has 0 amide bonds. The molecule has 1 aromatic carbocycles. The lowest BCUT2D eigenvalue weighted by Crippen LogP contribution is -1.94. The smallest absolute Gasteiger partial charge is 0.176 e. The van der Waals surface area contributed by atoms with E-state index in [1.165, 1.54) is 0 Å². The molecule has 12 heavy (non-hydrogen) atoms. The molecule has 0 saturated carbocycles. The molecular weight excluding hydrogens is 176 g/mol. The van der Waals surface area contributed by atoms with E-state index in [4.69, 9.17) is 22.1 Å². The molecule has 0 unspecified atom stereocenters. The fourth-order valence-electron chi connectivity index (χ4n) is 0.814. The molecule has 0 aliphatic heterocycles. The molecule has 0 fully saturated rings. The third-order valence-corrected chi connectivity index (χ3v) is 1.64. The Balaban J connectivity index is 3.25. The van der Waals surface area contributed by atoms with Crippen molar-refractivity contribution in [3.05, 3.63) is 35.4 Å². The Morgan fingerprint density at radius 1 is 1.50 bits per heavy atom. The minimum Gasteiger partial charge on any atom is -0.410 e. The minimum absolute atomic E-state index is 0.0767. The highest BCUT2D eigenvalue weighted by molar-refractivity contribution is 6.69. The molecule has 1 aromatic rings. The number of hydrogen-bond acceptors (Lipinski definition) is 3. The molecule has 60 valence electrons. The molecule has 0 atom stereocenters. The minimum atomic E-state index is -0.0767. The lowest BCUT2D eigenvalue weighted by atomic mass is 10.1. The molecule has 1 rings (SSSR count). The number of oxime groups is 1. The second kappa shape index (κ2) is 3.74. The van der Waals surface area contributed by atoms with Crippen molar-refractivity contribution < 1.29 is 5.21 Å². The Bertz CT molecular complexity index is 354. The zero-order chi connectivity index (χ0) is 8.97. The van der Waals surface area contributed by atoms with E-state index in [2.05, 4.69) is 5.16 Å². The van der Waals surface area contributed by atoms with Crippen LogP contribution in [0.25, 0.3) is 0 Å². The highest BCUT2D eigenvalue weighted by Crippen LogP contribution is 2.10. The normalized spacial score (nSPS) is 10.8. The molecule has 0 aliphatic carbocycles. The van der Waals surface area contributed by atoms with Crippen LogP contribution in [0.1, 0.15) is 11.1 Å². The summed E-state index contributed by atoms with van der Waals surface area (Å²) in [6, 6.07) is 8.57. The summed E-state index contributed by atoms with van der Waals surface area (Å²) >= 11 is 5.52. The van der Waals surface area contributed by atoms with Gasteiger partial charge in [-0.2, -0.15) is 5.26 Å². The van der Waals surface area contributed by atoms with Gasteiger partial charge in [0.2, 0.25) is 0 Å². The van der Waals surface area contributed by atoms with Crippen LogP contribution in [0.3, 0.4) is 0 Å². The van der Waals surface area contributed by atoms with Crippen molar-refractivity contribution in [2.24, 2.45) is 5.16 Å². The van der Waals surface area contributed by atoms with Crippen LogP contribution in [0.4, 0.5) is 0 Å². The molecule has 3 nitrogen and oxygen atoms in total. The average Bonchev–Trinajstić information content (AvgIpc) is 2.16. The fourth-order valence-corrected chi connectivity index (χ4v) is 0.979. The Morgan fingerprint density at radius 2 is 2.17 bits per heavy atom. The van der Waals surface area contributed by atoms with Crippen LogP contribution < -0.4 is 0 Å². The fraction of sp³-hybridized carbons (Fsp3) is 0. The maximum absolute atomic E-state index is 8.62. The van der Waals surface area contributed by atoms with Gasteiger partial charge in [-0.3, -0.25) is 0 Å². The van der Waals surface area contributed by atoms with E-state index in [1.807, 2.05) is 6.07 Å². The maximum Gasteiger partial charge on any atom is 0.176 e. The van der Waals surface area contributed by atoms with Gasteiger partial charge in [-0.05, 0) is 6.07 Å². The molecular formula is C8H5ClN2O. The van der Waals surface area contributed by atoms with E-state index in [0.717, 1.165) is 0 Å². The SMILES string of the molecule is N#Cc1ccccc1C(Cl)=NO. The first-order valence-electron chi connectivity index (χ1n) is 3.16. The van der Waals surface area contributed by atoms with Gasteiger partial charge in [-0.25, -0.2) is 0 Å². The predicted octanol–water partition coefficient (Wildman–Crippen LogP) is 1.93. The molecule has 0 saturated heterocycles. The molecule has 0 aromatic heterocycles. The van der Waals surface area contributed by atoms with Crippen LogP contribution in [0.5, 0.6) is 0 Å². The second-order valence-electron chi connectivity index (χ2n) is 2.05. The third-order valence-electron chi connectivity index (χ3n) is 1.36. The van der Waals surface area contributed by atoms with E-state index in [1.54, 1.807) is 24.3 Å². The summed E-state index contributed by atoms with van der Waals surface area (Å²) in [5.74, 6) is 0. The first-order valence-corrected chi connectivity index (χ1v) is 3.54. The van der Waals surface area contributed by atoms with Crippen molar-refractivity contribution in [1.82, 2.24) is 0 Å². The average molecular weight is 181 g/mol. The molecule has 0 spiro atoms. The largest absolute Gasteiger partial charge is 0.410 e. The summed E-state index contributed by atoms with van der Waals surface area (Å²) in [6.45, 7) is 0. The predicted molar refractivity (Wildman–Crippen MR) is 45.3 cm³/mol. The summed E-state index contributed by atoms with van der Waals surface area (Å²) in [7, 11) is 0. The van der Waals surface area contributed by atoms with Gasteiger partial charge < -0.3 is 5.21 Å². The number of rotatable bonds is 1. The van der Waals surface area contributed by atoms with Gasteiger partial charge in [-0.1, -0.05) is 35.0 Å². The van der Waals surface area contributed by atoms with Gasteiger partial charge >= 0.3 is 0 Å². The van der Waals surface area contributed by atoms with Crippen molar-refractivity contribution in [2.75, 3.05) is 0 Å². The molecule has 0 radical (unpaired) electrons. The van der Waals surface area contributed by atoms with Crippen LogP contribution in [-0.4, -0.2) is 10.4 Å². The summed E-state index contributed by atoms with van der Waals surface area (Å²) in [5, 5.41) is 19.7. The number of nitrogens with zero attached hydrogens (tertiary/aromatic N) is 2. The van der Waals surface area contributed by atoms with E-state index < -0.39 is 0 Å². The highest BCUT2D eigenvalue weighted by Gasteiger charge is 2.05. The van der Waals surface area contributed by atoms with E-state index in [9.17, 15) is 0 Å². The quantitative estimate of drug-likeness (QED) is 0.408. The third kappa shape index (κ3) is 1.55. The van der Waals surface area contributed by atoms with Crippen molar-refractivity contribution in [2.45, 2.75) is 0 Å². The monoisotopic (exact) mass is 180 g/mol. The van der Waals surface area contributed by atoms with Crippen LogP contribution >= 0.6 is 11.6 Å². The van der Waals surface area contributed by atoms with Crippen LogP contribution in [-0.2, 0) is 0 Å². The Labute approximate surface area is 74.5 Å². The summed E-state index contributed by atoms with van der Waals surface area (Å²) in [4.78, 5) is 0. The molecule has 4 heteroatoms. The Kier molecular flexibility index (Phi) is 2.67. The van der Waals surface area contributed by atoms with Gasteiger partial charge in [0.05, 0.1) is 11.6 Å². The van der Waals surface area contributed by atoms with Gasteiger partial charge in [0.15, 0.2) is 5.17 Å². The lowest BCUT2D eigenvalue weighted by molar-refractivity contribution is 0.321. The zero-order valence-electron chi connectivity index (χ0n) is 6.03. The van der Waals surface area contributed by atoms with Crippen LogP contribution in [0.2, 0.25) is 0 Å². The van der Waals surface area contributed by atoms with E-state index in [-0.39, 0.29) is 5.17 Å². The maximum atomic E-state index is 8.62. The van der Waals surface area contributed by atoms with Crippen LogP contribution in [0.15, 0.2) is 29.4 Å². The van der Waals surface area contributed by atoms with Crippen molar-refractivity contribution >= 4 is 16.8 Å². The van der Waals surface area contributed by atoms with Crippen molar-refractivity contribution in [3.63, 3.8) is 0 Å². The molecule has 1 N–H and O–H groups in total. The lowest BCUT2D eigenvalue weighted by Gasteiger charge is -1.97. The summed E-state index contributed by atoms with van der Waals surface area (Å²) < 4.78 is 0. The first-order chi connectivity index (χ1) is 5.79. The number of halogens is 1.